The van der Waals surface area contributed by atoms with Crippen LogP contribution >= 0.6 is 23.2 Å². The highest BCUT2D eigenvalue weighted by molar-refractivity contribution is 6.34. The van der Waals surface area contributed by atoms with Crippen molar-refractivity contribution >= 4 is 35.1 Å². The van der Waals surface area contributed by atoms with E-state index in [0.29, 0.717) is 10.0 Å². The van der Waals surface area contributed by atoms with Gasteiger partial charge in [0, 0.05) is 11.1 Å². The standard InChI is InChI=1S/C12H14Cl2N2O3/c1-6(2)10(11(17)16-12(15)18)19-9-5-7(13)3-4-8(9)14/h3-6,10H,1-2H3,(H3,15,16,17,18). The van der Waals surface area contributed by atoms with E-state index in [0.717, 1.165) is 0 Å². The molecule has 0 fully saturated rings. The molecule has 7 heteroatoms. The van der Waals surface area contributed by atoms with Crippen molar-refractivity contribution in [2.24, 2.45) is 11.7 Å². The van der Waals surface area contributed by atoms with E-state index in [4.69, 9.17) is 33.7 Å². The second-order valence-corrected chi connectivity index (χ2v) is 5.05. The van der Waals surface area contributed by atoms with E-state index in [1.807, 2.05) is 5.32 Å². The van der Waals surface area contributed by atoms with Crippen LogP contribution in [-0.4, -0.2) is 18.0 Å². The van der Waals surface area contributed by atoms with Crippen molar-refractivity contribution in [3.63, 3.8) is 0 Å². The molecule has 0 saturated heterocycles. The monoisotopic (exact) mass is 304 g/mol. The third-order valence-electron chi connectivity index (χ3n) is 2.26. The molecule has 5 nitrogen and oxygen atoms in total. The molecule has 0 aliphatic heterocycles. The van der Waals surface area contributed by atoms with Gasteiger partial charge in [-0.1, -0.05) is 37.0 Å². The fraction of sp³-hybridized carbons (Fsp3) is 0.333. The van der Waals surface area contributed by atoms with Crippen molar-refractivity contribution in [1.82, 2.24) is 5.32 Å². The van der Waals surface area contributed by atoms with Gasteiger partial charge in [0.1, 0.15) is 5.75 Å². The van der Waals surface area contributed by atoms with E-state index in [1.165, 1.54) is 6.07 Å². The molecule has 104 valence electrons. The van der Waals surface area contributed by atoms with Crippen molar-refractivity contribution in [2.75, 3.05) is 0 Å². The number of primary amides is 1. The maximum absolute atomic E-state index is 11.8. The molecule has 0 aromatic heterocycles. The summed E-state index contributed by atoms with van der Waals surface area (Å²) in [4.78, 5) is 22.5. The minimum atomic E-state index is -0.934. The maximum atomic E-state index is 11.8. The van der Waals surface area contributed by atoms with Gasteiger partial charge in [0.15, 0.2) is 6.10 Å². The highest BCUT2D eigenvalue weighted by atomic mass is 35.5. The van der Waals surface area contributed by atoms with Gasteiger partial charge < -0.3 is 10.5 Å². The summed E-state index contributed by atoms with van der Waals surface area (Å²) in [7, 11) is 0. The average Bonchev–Trinajstić information content (AvgIpc) is 2.28. The van der Waals surface area contributed by atoms with E-state index in [1.54, 1.807) is 26.0 Å². The number of halogens is 2. The molecule has 3 amide bonds. The molecular formula is C12H14Cl2N2O3. The first-order chi connectivity index (χ1) is 8.81. The summed E-state index contributed by atoms with van der Waals surface area (Å²) in [6.45, 7) is 3.54. The highest BCUT2D eigenvalue weighted by Gasteiger charge is 2.26. The number of rotatable bonds is 4. The predicted molar refractivity (Wildman–Crippen MR) is 73.4 cm³/mol. The van der Waals surface area contributed by atoms with Gasteiger partial charge in [-0.3, -0.25) is 10.1 Å². The lowest BCUT2D eigenvalue weighted by atomic mass is 10.1. The summed E-state index contributed by atoms with van der Waals surface area (Å²) in [6, 6.07) is 3.72. The van der Waals surface area contributed by atoms with Gasteiger partial charge in [0.05, 0.1) is 5.02 Å². The zero-order valence-electron chi connectivity index (χ0n) is 10.4. The van der Waals surface area contributed by atoms with Crippen LogP contribution in [0.3, 0.4) is 0 Å². The molecule has 3 N–H and O–H groups in total. The Bertz CT molecular complexity index is 492. The number of urea groups is 1. The average molecular weight is 305 g/mol. The zero-order chi connectivity index (χ0) is 14.6. The van der Waals surface area contributed by atoms with Gasteiger partial charge in [-0.05, 0) is 18.1 Å². The molecule has 0 heterocycles. The van der Waals surface area contributed by atoms with Crippen molar-refractivity contribution in [1.29, 1.82) is 0 Å². The third-order valence-corrected chi connectivity index (χ3v) is 2.80. The predicted octanol–water partition coefficient (Wildman–Crippen LogP) is 2.59. The Labute approximate surface area is 121 Å². The number of hydrogen-bond acceptors (Lipinski definition) is 3. The normalized spacial score (nSPS) is 12.1. The van der Waals surface area contributed by atoms with E-state index < -0.39 is 18.0 Å². The molecule has 1 atom stereocenters. The number of carbonyl (C=O) groups is 2. The molecule has 0 saturated carbocycles. The van der Waals surface area contributed by atoms with Crippen LogP contribution < -0.4 is 15.8 Å². The number of carbonyl (C=O) groups excluding carboxylic acids is 2. The Balaban J connectivity index is 2.92. The molecule has 0 bridgehead atoms. The minimum absolute atomic E-state index is 0.186. The number of amides is 3. The highest BCUT2D eigenvalue weighted by Crippen LogP contribution is 2.29. The Morgan fingerprint density at radius 3 is 2.47 bits per heavy atom. The van der Waals surface area contributed by atoms with Crippen LogP contribution in [0.25, 0.3) is 0 Å². The van der Waals surface area contributed by atoms with Crippen molar-refractivity contribution in [3.8, 4) is 5.75 Å². The molecular weight excluding hydrogens is 291 g/mol. The first-order valence-electron chi connectivity index (χ1n) is 5.53. The second-order valence-electron chi connectivity index (χ2n) is 4.21. The fourth-order valence-electron chi connectivity index (χ4n) is 1.39. The summed E-state index contributed by atoms with van der Waals surface area (Å²) in [5.41, 5.74) is 4.91. The molecule has 0 aliphatic rings. The van der Waals surface area contributed by atoms with E-state index in [-0.39, 0.29) is 11.7 Å². The molecule has 1 aromatic rings. The van der Waals surface area contributed by atoms with Gasteiger partial charge in [-0.15, -0.1) is 0 Å². The summed E-state index contributed by atoms with van der Waals surface area (Å²) < 4.78 is 5.51. The SMILES string of the molecule is CC(C)C(Oc1cc(Cl)ccc1Cl)C(=O)NC(N)=O. The van der Waals surface area contributed by atoms with Crippen molar-refractivity contribution < 1.29 is 14.3 Å². The summed E-state index contributed by atoms with van der Waals surface area (Å²) in [5.74, 6) is -0.541. The fourth-order valence-corrected chi connectivity index (χ4v) is 1.71. The molecule has 1 unspecified atom stereocenters. The molecule has 1 aromatic carbocycles. The summed E-state index contributed by atoms with van der Waals surface area (Å²) in [5, 5.41) is 2.73. The molecule has 0 spiro atoms. The number of hydrogen-bond donors (Lipinski definition) is 2. The lowest BCUT2D eigenvalue weighted by Crippen LogP contribution is -2.46. The summed E-state index contributed by atoms with van der Waals surface area (Å²) >= 11 is 11.8. The zero-order valence-corrected chi connectivity index (χ0v) is 12.0. The number of nitrogens with two attached hydrogens (primary N) is 1. The van der Waals surface area contributed by atoms with Gasteiger partial charge in [0.25, 0.3) is 5.91 Å². The van der Waals surface area contributed by atoms with Crippen LogP contribution in [0.15, 0.2) is 18.2 Å². The number of imide groups is 1. The minimum Gasteiger partial charge on any atom is -0.479 e. The lowest BCUT2D eigenvalue weighted by Gasteiger charge is -2.21. The number of nitrogens with one attached hydrogen (secondary N) is 1. The first-order valence-corrected chi connectivity index (χ1v) is 6.29. The van der Waals surface area contributed by atoms with Gasteiger partial charge in [-0.2, -0.15) is 0 Å². The maximum Gasteiger partial charge on any atom is 0.318 e. The molecule has 0 aliphatic carbocycles. The molecule has 0 radical (unpaired) electrons. The van der Waals surface area contributed by atoms with E-state index in [2.05, 4.69) is 0 Å². The largest absolute Gasteiger partial charge is 0.479 e. The Morgan fingerprint density at radius 1 is 1.32 bits per heavy atom. The Hall–Kier alpha value is -1.46. The number of benzene rings is 1. The Morgan fingerprint density at radius 2 is 1.95 bits per heavy atom. The van der Waals surface area contributed by atoms with Gasteiger partial charge >= 0.3 is 6.03 Å². The van der Waals surface area contributed by atoms with Crippen LogP contribution in [0, 0.1) is 5.92 Å². The van der Waals surface area contributed by atoms with Crippen LogP contribution in [-0.2, 0) is 4.79 Å². The van der Waals surface area contributed by atoms with E-state index in [9.17, 15) is 9.59 Å². The Kier molecular flexibility index (Phi) is 5.44. The van der Waals surface area contributed by atoms with Crippen LogP contribution in [0.1, 0.15) is 13.8 Å². The van der Waals surface area contributed by atoms with Crippen molar-refractivity contribution in [2.45, 2.75) is 20.0 Å². The van der Waals surface area contributed by atoms with Crippen molar-refractivity contribution in [3.05, 3.63) is 28.2 Å². The summed E-state index contributed by atoms with van der Waals surface area (Å²) in [6.07, 6.45) is -0.900. The molecule has 19 heavy (non-hydrogen) atoms. The van der Waals surface area contributed by atoms with Gasteiger partial charge in [-0.25, -0.2) is 4.79 Å². The molecule has 1 rings (SSSR count). The number of ether oxygens (including phenoxy) is 1. The quantitative estimate of drug-likeness (QED) is 0.897. The van der Waals surface area contributed by atoms with Crippen LogP contribution in [0.4, 0.5) is 4.79 Å². The van der Waals surface area contributed by atoms with E-state index >= 15 is 0 Å². The second kappa shape index (κ2) is 6.63. The van der Waals surface area contributed by atoms with Gasteiger partial charge in [0.2, 0.25) is 0 Å². The third kappa shape index (κ3) is 4.61. The smallest absolute Gasteiger partial charge is 0.318 e. The van der Waals surface area contributed by atoms with Crippen LogP contribution in [0.2, 0.25) is 10.0 Å². The van der Waals surface area contributed by atoms with Crippen LogP contribution in [0.5, 0.6) is 5.75 Å². The lowest BCUT2D eigenvalue weighted by molar-refractivity contribution is -0.128. The first kappa shape index (κ1) is 15.6. The topological polar surface area (TPSA) is 81.4 Å².